The molecule has 3 heterocycles. The molecule has 0 unspecified atom stereocenters. The van der Waals surface area contributed by atoms with Gasteiger partial charge in [0.25, 0.3) is 0 Å². The fourth-order valence-electron chi connectivity index (χ4n) is 5.95. The molecular formula is C44H41IrN3OSi-2. The molecule has 0 saturated carbocycles. The number of imidazole rings is 1. The molecule has 6 heteroatoms. The Labute approximate surface area is 319 Å². The number of para-hydroxylation sites is 4. The van der Waals surface area contributed by atoms with Crippen molar-refractivity contribution < 1.29 is 34.1 Å². The van der Waals surface area contributed by atoms with E-state index in [-0.39, 0.29) is 43.7 Å². The zero-order valence-electron chi connectivity index (χ0n) is 35.6. The van der Waals surface area contributed by atoms with Gasteiger partial charge < -0.3 is 14.0 Å². The molecule has 5 aromatic carbocycles. The Bertz CT molecular complexity index is 2700. The van der Waals surface area contributed by atoms with Gasteiger partial charge in [-0.2, -0.15) is 0 Å². The molecule has 0 spiro atoms. The average Bonchev–Trinajstić information content (AvgIpc) is 3.72. The molecule has 3 aromatic heterocycles. The van der Waals surface area contributed by atoms with Crippen molar-refractivity contribution in [2.24, 2.45) is 5.92 Å². The predicted octanol–water partition coefficient (Wildman–Crippen LogP) is 11.0. The van der Waals surface area contributed by atoms with E-state index in [0.717, 1.165) is 55.2 Å². The molecule has 0 saturated heterocycles. The van der Waals surface area contributed by atoms with Crippen LogP contribution in [0.3, 0.4) is 0 Å². The minimum Gasteiger partial charge on any atom is -0.476 e. The third-order valence-electron chi connectivity index (χ3n) is 8.24. The van der Waals surface area contributed by atoms with Gasteiger partial charge in [-0.3, -0.25) is 4.98 Å². The third kappa shape index (κ3) is 7.29. The van der Waals surface area contributed by atoms with Gasteiger partial charge >= 0.3 is 0 Å². The van der Waals surface area contributed by atoms with Gasteiger partial charge in [0.2, 0.25) is 0 Å². The van der Waals surface area contributed by atoms with E-state index in [4.69, 9.17) is 19.0 Å². The second-order valence-corrected chi connectivity index (χ2v) is 18.3. The van der Waals surface area contributed by atoms with Crippen molar-refractivity contribution in [2.75, 3.05) is 0 Å². The van der Waals surface area contributed by atoms with Crippen LogP contribution in [0.4, 0.5) is 0 Å². The largest absolute Gasteiger partial charge is 0.476 e. The summed E-state index contributed by atoms with van der Waals surface area (Å²) in [7, 11) is -1.87. The summed E-state index contributed by atoms with van der Waals surface area (Å²) in [5.41, 5.74) is 6.69. The number of furan rings is 1. The Kier molecular flexibility index (Phi) is 7.98. The van der Waals surface area contributed by atoms with Crippen LogP contribution in [0.15, 0.2) is 126 Å². The third-order valence-corrected chi connectivity index (χ3v) is 10.3. The fourth-order valence-corrected chi connectivity index (χ4v) is 7.36. The fraction of sp³-hybridized carbons (Fsp3) is 0.182. The number of fused-ring (bicyclic) bond motifs is 4. The number of aromatic nitrogens is 3. The molecule has 0 atom stereocenters. The number of hydrogen-bond donors (Lipinski definition) is 0. The van der Waals surface area contributed by atoms with Gasteiger partial charge in [-0.15, -0.1) is 53.0 Å². The Hall–Kier alpha value is -4.61. The molecule has 0 fully saturated rings. The Balaban J connectivity index is 0.000000189. The molecule has 8 rings (SSSR count). The van der Waals surface area contributed by atoms with Gasteiger partial charge in [-0.25, -0.2) is 0 Å². The van der Waals surface area contributed by atoms with Crippen LogP contribution >= 0.6 is 0 Å². The van der Waals surface area contributed by atoms with Crippen molar-refractivity contribution in [2.45, 2.75) is 46.7 Å². The van der Waals surface area contributed by atoms with E-state index in [1.165, 1.54) is 6.07 Å². The normalized spacial score (nSPS) is 14.1. The Morgan fingerprint density at radius 1 is 0.880 bits per heavy atom. The molecule has 0 aliphatic heterocycles. The molecule has 0 bridgehead atoms. The quantitative estimate of drug-likeness (QED) is 0.124. The molecule has 50 heavy (non-hydrogen) atoms. The summed E-state index contributed by atoms with van der Waals surface area (Å²) in [5.74, 6) is 0.605. The summed E-state index contributed by atoms with van der Waals surface area (Å²) >= 11 is 0. The van der Waals surface area contributed by atoms with Crippen LogP contribution in [-0.4, -0.2) is 22.6 Å². The predicted molar refractivity (Wildman–Crippen MR) is 207 cm³/mol. The first-order valence-corrected chi connectivity index (χ1v) is 19.9. The minimum absolute atomic E-state index is 0. The van der Waals surface area contributed by atoms with Crippen molar-refractivity contribution in [3.05, 3.63) is 145 Å². The van der Waals surface area contributed by atoms with E-state index in [1.54, 1.807) is 12.3 Å². The Morgan fingerprint density at radius 3 is 2.40 bits per heavy atom. The van der Waals surface area contributed by atoms with Gasteiger partial charge in [0.1, 0.15) is 5.58 Å². The van der Waals surface area contributed by atoms with Crippen LogP contribution in [0.5, 0.6) is 0 Å². The van der Waals surface area contributed by atoms with Gasteiger partial charge in [-0.05, 0) is 58.9 Å². The molecule has 4 nitrogen and oxygen atoms in total. The average molecular weight is 855 g/mol. The second-order valence-electron chi connectivity index (χ2n) is 13.3. The van der Waals surface area contributed by atoms with Gasteiger partial charge in [0.15, 0.2) is 0 Å². The molecule has 8 aromatic rings. The number of hydrogen-bond acceptors (Lipinski definition) is 3. The van der Waals surface area contributed by atoms with Crippen molar-refractivity contribution in [3.63, 3.8) is 0 Å². The first-order valence-electron chi connectivity index (χ1n) is 19.9. The van der Waals surface area contributed by atoms with Gasteiger partial charge in [0, 0.05) is 41.6 Å². The van der Waals surface area contributed by atoms with Crippen molar-refractivity contribution in [1.29, 1.82) is 0 Å². The van der Waals surface area contributed by atoms with Crippen molar-refractivity contribution in [1.82, 2.24) is 14.5 Å². The van der Waals surface area contributed by atoms with Gasteiger partial charge in [-0.1, -0.05) is 112 Å². The van der Waals surface area contributed by atoms with Crippen LogP contribution in [0.2, 0.25) is 19.6 Å². The zero-order chi connectivity index (χ0) is 40.2. The van der Waals surface area contributed by atoms with Crippen LogP contribution in [0.25, 0.3) is 61.3 Å². The van der Waals surface area contributed by atoms with E-state index in [1.807, 2.05) is 80.6 Å². The molecule has 0 aliphatic carbocycles. The molecule has 0 N–H and O–H groups in total. The SMILES string of the molecule is [2H]c1[c-]c(-c2cc(C([2H])([2H])C(C)C)c([Si](C)(C)C)cn2)cc([2H])c1C([2H])([2H])[2H].[Ir].[c-]1cc2c(cc1-c1nc3ccccc3n1-c1ccccc1)oc1ccccc12. The summed E-state index contributed by atoms with van der Waals surface area (Å²) in [6.45, 7) is 7.49. The smallest absolute Gasteiger partial charge is 0.123 e. The molecule has 1 radical (unpaired) electrons. The number of nitrogens with zero attached hydrogens (tertiary/aromatic N) is 3. The van der Waals surface area contributed by atoms with Gasteiger partial charge in [0.05, 0.1) is 30.5 Å². The van der Waals surface area contributed by atoms with Crippen molar-refractivity contribution >= 4 is 46.2 Å². The second kappa shape index (κ2) is 14.7. The topological polar surface area (TPSA) is 43.9 Å². The van der Waals surface area contributed by atoms with E-state index in [2.05, 4.69) is 65.6 Å². The summed E-state index contributed by atoms with van der Waals surface area (Å²) in [4.78, 5) is 9.36. The maximum atomic E-state index is 8.60. The van der Waals surface area contributed by atoms with E-state index >= 15 is 0 Å². The molecule has 253 valence electrons. The summed E-state index contributed by atoms with van der Waals surface area (Å²) < 4.78 is 64.0. The number of pyridine rings is 1. The summed E-state index contributed by atoms with van der Waals surface area (Å²) in [6, 6.07) is 39.2. The van der Waals surface area contributed by atoms with Crippen LogP contribution in [-0.2, 0) is 26.5 Å². The standard InChI is InChI=1S/C25H15N2O.C19H26NSi.Ir/c1-2-8-18(9-3-1)27-22-12-6-5-11-21(22)26-25(27)17-14-15-20-19-10-4-7-13-23(19)28-24(20)16-17;1-14(2)11-17-12-18(16-9-7-15(3)8-10-16)20-13-19(17)21(4,5)6;/h1-13,15-16H;7-9,12-14H,11H2,1-6H3;/q2*-1;/i;3D3,7D,8D,11D2;. The van der Waals surface area contributed by atoms with E-state index in [9.17, 15) is 0 Å². The number of rotatable bonds is 6. The maximum absolute atomic E-state index is 8.60. The van der Waals surface area contributed by atoms with Crippen LogP contribution in [0, 0.1) is 24.9 Å². The summed E-state index contributed by atoms with van der Waals surface area (Å²) in [6.07, 6.45) is 0.120. The molecular weight excluding hydrogens is 807 g/mol. The Morgan fingerprint density at radius 2 is 1.64 bits per heavy atom. The first-order chi connectivity index (χ1) is 26.4. The van der Waals surface area contributed by atoms with Crippen molar-refractivity contribution in [3.8, 4) is 28.3 Å². The van der Waals surface area contributed by atoms with E-state index in [0.29, 0.717) is 16.8 Å². The van der Waals surface area contributed by atoms with Crippen LogP contribution < -0.4 is 5.19 Å². The van der Waals surface area contributed by atoms with E-state index < -0.39 is 21.3 Å². The molecule has 0 aliphatic rings. The monoisotopic (exact) mass is 855 g/mol. The summed E-state index contributed by atoms with van der Waals surface area (Å²) in [5, 5.41) is 3.10. The minimum atomic E-state index is -2.56. The van der Waals surface area contributed by atoms with Crippen LogP contribution in [0.1, 0.15) is 34.6 Å². The first kappa shape index (κ1) is 27.2. The molecule has 0 amide bonds. The maximum Gasteiger partial charge on any atom is 0.123 e. The zero-order valence-corrected chi connectivity index (χ0v) is 31.9. The number of benzene rings is 5.